The first-order chi connectivity index (χ1) is 14.5. The van der Waals surface area contributed by atoms with Crippen LogP contribution in [0.3, 0.4) is 0 Å². The molecule has 0 aliphatic carbocycles. The van der Waals surface area contributed by atoms with E-state index in [-0.39, 0.29) is 17.9 Å². The van der Waals surface area contributed by atoms with Gasteiger partial charge in [0.15, 0.2) is 11.5 Å². The fourth-order valence-electron chi connectivity index (χ4n) is 3.57. The lowest BCUT2D eigenvalue weighted by Crippen LogP contribution is -2.46. The summed E-state index contributed by atoms with van der Waals surface area (Å²) in [4.78, 5) is 26.9. The first-order valence-electron chi connectivity index (χ1n) is 10.1. The third kappa shape index (κ3) is 5.41. The van der Waals surface area contributed by atoms with Gasteiger partial charge in [0.05, 0.1) is 14.2 Å². The molecule has 3 rings (SSSR count). The summed E-state index contributed by atoms with van der Waals surface area (Å²) in [6.45, 7) is 3.22. The molecule has 0 unspecified atom stereocenters. The zero-order valence-electron chi connectivity index (χ0n) is 17.7. The van der Waals surface area contributed by atoms with Crippen LogP contribution in [-0.2, 0) is 4.79 Å². The average Bonchev–Trinajstić information content (AvgIpc) is 2.77. The quantitative estimate of drug-likeness (QED) is 0.744. The molecule has 0 spiro atoms. The molecule has 0 radical (unpaired) electrons. The summed E-state index contributed by atoms with van der Waals surface area (Å²) in [5.41, 5.74) is 2.72. The second-order valence-electron chi connectivity index (χ2n) is 7.39. The molecule has 0 saturated carbocycles. The van der Waals surface area contributed by atoms with Crippen LogP contribution in [0.25, 0.3) is 6.08 Å². The lowest BCUT2D eigenvalue weighted by Gasteiger charge is -2.32. The number of carbonyl (C=O) groups is 2. The number of carbonyl (C=O) groups excluding carboxylic acids is 2. The van der Waals surface area contributed by atoms with E-state index in [0.29, 0.717) is 30.2 Å². The maximum Gasteiger partial charge on any atom is 0.253 e. The second-order valence-corrected chi connectivity index (χ2v) is 7.39. The summed E-state index contributed by atoms with van der Waals surface area (Å²) < 4.78 is 10.5. The summed E-state index contributed by atoms with van der Waals surface area (Å²) >= 11 is 0. The van der Waals surface area contributed by atoms with Gasteiger partial charge in [0.2, 0.25) is 5.91 Å². The van der Waals surface area contributed by atoms with Crippen LogP contribution in [0.15, 0.2) is 48.5 Å². The van der Waals surface area contributed by atoms with Crippen molar-refractivity contribution in [3.63, 3.8) is 0 Å². The van der Waals surface area contributed by atoms with E-state index in [1.807, 2.05) is 42.2 Å². The molecule has 1 N–H and O–H groups in total. The van der Waals surface area contributed by atoms with Gasteiger partial charge in [-0.3, -0.25) is 9.59 Å². The molecule has 1 aliphatic heterocycles. The van der Waals surface area contributed by atoms with E-state index in [2.05, 4.69) is 5.32 Å². The molecule has 6 nitrogen and oxygen atoms in total. The average molecular weight is 408 g/mol. The van der Waals surface area contributed by atoms with Crippen molar-refractivity contribution in [3.05, 3.63) is 65.2 Å². The number of methoxy groups -OCH3 is 2. The Balaban J connectivity index is 1.52. The highest BCUT2D eigenvalue weighted by molar-refractivity contribution is 5.95. The SMILES string of the molecule is COc1ccc(C(=O)N2CCC(NC(=O)/C=C/c3cccc(C)c3)CC2)cc1OC. The minimum atomic E-state index is -0.110. The molecular formula is C24H28N2O4. The molecule has 1 aliphatic rings. The summed E-state index contributed by atoms with van der Waals surface area (Å²) in [5, 5.41) is 3.04. The topological polar surface area (TPSA) is 67.9 Å². The number of hydrogen-bond acceptors (Lipinski definition) is 4. The monoisotopic (exact) mass is 408 g/mol. The molecular weight excluding hydrogens is 380 g/mol. The number of benzene rings is 2. The number of hydrogen-bond donors (Lipinski definition) is 1. The predicted molar refractivity (Wildman–Crippen MR) is 117 cm³/mol. The fraction of sp³-hybridized carbons (Fsp3) is 0.333. The van der Waals surface area contributed by atoms with E-state index in [1.54, 1.807) is 38.5 Å². The zero-order valence-corrected chi connectivity index (χ0v) is 17.7. The number of amides is 2. The molecule has 2 aromatic carbocycles. The van der Waals surface area contributed by atoms with Gasteiger partial charge in [-0.2, -0.15) is 0 Å². The van der Waals surface area contributed by atoms with Gasteiger partial charge in [0.1, 0.15) is 0 Å². The van der Waals surface area contributed by atoms with Gasteiger partial charge in [0.25, 0.3) is 5.91 Å². The zero-order chi connectivity index (χ0) is 21.5. The van der Waals surface area contributed by atoms with Crippen LogP contribution in [0.4, 0.5) is 0 Å². The van der Waals surface area contributed by atoms with E-state index >= 15 is 0 Å². The number of nitrogens with zero attached hydrogens (tertiary/aromatic N) is 1. The van der Waals surface area contributed by atoms with Crippen molar-refractivity contribution < 1.29 is 19.1 Å². The van der Waals surface area contributed by atoms with Crippen LogP contribution in [0.2, 0.25) is 0 Å². The van der Waals surface area contributed by atoms with Gasteiger partial charge in [-0.25, -0.2) is 0 Å². The van der Waals surface area contributed by atoms with Crippen LogP contribution < -0.4 is 14.8 Å². The van der Waals surface area contributed by atoms with Gasteiger partial charge in [-0.15, -0.1) is 0 Å². The molecule has 158 valence electrons. The van der Waals surface area contributed by atoms with Crippen molar-refractivity contribution in [2.24, 2.45) is 0 Å². The van der Waals surface area contributed by atoms with Crippen LogP contribution in [0, 0.1) is 6.92 Å². The number of likely N-dealkylation sites (tertiary alicyclic amines) is 1. The van der Waals surface area contributed by atoms with E-state index in [9.17, 15) is 9.59 Å². The van der Waals surface area contributed by atoms with E-state index in [0.717, 1.165) is 24.0 Å². The first-order valence-corrected chi connectivity index (χ1v) is 10.1. The Morgan fingerprint density at radius 1 is 1.03 bits per heavy atom. The Labute approximate surface area is 177 Å². The summed E-state index contributed by atoms with van der Waals surface area (Å²) in [6.07, 6.45) is 4.83. The van der Waals surface area contributed by atoms with Gasteiger partial charge in [-0.1, -0.05) is 29.8 Å². The van der Waals surface area contributed by atoms with Crippen molar-refractivity contribution in [2.45, 2.75) is 25.8 Å². The van der Waals surface area contributed by atoms with Crippen LogP contribution in [0.5, 0.6) is 11.5 Å². The fourth-order valence-corrected chi connectivity index (χ4v) is 3.57. The number of ether oxygens (including phenoxy) is 2. The molecule has 2 amide bonds. The molecule has 30 heavy (non-hydrogen) atoms. The predicted octanol–water partition coefficient (Wildman–Crippen LogP) is 3.45. The Kier molecular flexibility index (Phi) is 7.12. The number of rotatable bonds is 6. The summed E-state index contributed by atoms with van der Waals surface area (Å²) in [7, 11) is 3.11. The van der Waals surface area contributed by atoms with E-state index in [4.69, 9.17) is 9.47 Å². The van der Waals surface area contributed by atoms with Gasteiger partial charge < -0.3 is 19.7 Å². The normalized spacial score (nSPS) is 14.6. The van der Waals surface area contributed by atoms with Crippen molar-refractivity contribution in [3.8, 4) is 11.5 Å². The van der Waals surface area contributed by atoms with E-state index < -0.39 is 0 Å². The third-order valence-corrected chi connectivity index (χ3v) is 5.23. The Bertz CT molecular complexity index is 931. The second kappa shape index (κ2) is 9.96. The molecule has 0 aromatic heterocycles. The highest BCUT2D eigenvalue weighted by Gasteiger charge is 2.25. The maximum absolute atomic E-state index is 12.8. The first kappa shape index (κ1) is 21.4. The number of piperidine rings is 1. The molecule has 1 fully saturated rings. The van der Waals surface area contributed by atoms with Crippen LogP contribution >= 0.6 is 0 Å². The third-order valence-electron chi connectivity index (χ3n) is 5.23. The van der Waals surface area contributed by atoms with Gasteiger partial charge in [-0.05, 0) is 49.6 Å². The molecule has 0 bridgehead atoms. The van der Waals surface area contributed by atoms with Crippen molar-refractivity contribution in [2.75, 3.05) is 27.3 Å². The summed E-state index contributed by atoms with van der Waals surface area (Å²) in [5.74, 6) is 0.973. The highest BCUT2D eigenvalue weighted by Crippen LogP contribution is 2.28. The largest absolute Gasteiger partial charge is 0.493 e. The minimum Gasteiger partial charge on any atom is -0.493 e. The van der Waals surface area contributed by atoms with Crippen molar-refractivity contribution >= 4 is 17.9 Å². The maximum atomic E-state index is 12.8. The van der Waals surface area contributed by atoms with Crippen LogP contribution in [0.1, 0.15) is 34.3 Å². The summed E-state index contributed by atoms with van der Waals surface area (Å²) in [6, 6.07) is 13.2. The highest BCUT2D eigenvalue weighted by atomic mass is 16.5. The van der Waals surface area contributed by atoms with Crippen molar-refractivity contribution in [1.82, 2.24) is 10.2 Å². The Morgan fingerprint density at radius 2 is 1.77 bits per heavy atom. The molecule has 1 heterocycles. The van der Waals surface area contributed by atoms with Crippen molar-refractivity contribution in [1.29, 1.82) is 0 Å². The van der Waals surface area contributed by atoms with E-state index in [1.165, 1.54) is 0 Å². The van der Waals surface area contributed by atoms with Gasteiger partial charge in [0, 0.05) is 30.8 Å². The number of nitrogens with one attached hydrogen (secondary N) is 1. The van der Waals surface area contributed by atoms with Gasteiger partial charge >= 0.3 is 0 Å². The molecule has 0 atom stereocenters. The molecule has 2 aromatic rings. The molecule has 1 saturated heterocycles. The Hall–Kier alpha value is -3.28. The lowest BCUT2D eigenvalue weighted by atomic mass is 10.0. The number of aryl methyl sites for hydroxylation is 1. The van der Waals surface area contributed by atoms with Crippen LogP contribution in [-0.4, -0.2) is 50.1 Å². The standard InChI is InChI=1S/C24H28N2O4/c1-17-5-4-6-18(15-17)7-10-23(27)25-20-11-13-26(14-12-20)24(28)19-8-9-21(29-2)22(16-19)30-3/h4-10,15-16,20H,11-14H2,1-3H3,(H,25,27)/b10-7+. The Morgan fingerprint density at radius 3 is 2.43 bits per heavy atom. The lowest BCUT2D eigenvalue weighted by molar-refractivity contribution is -0.117. The minimum absolute atomic E-state index is 0.0416. The molecule has 6 heteroatoms. The smallest absolute Gasteiger partial charge is 0.253 e.